The second-order valence-corrected chi connectivity index (χ2v) is 6.94. The van der Waals surface area contributed by atoms with Crippen molar-refractivity contribution in [1.82, 2.24) is 9.80 Å². The standard InChI is InChI=1S/C19H28N2O4/c1-20(2)10-12-24-17-13-21(16-5-4-11-25-18(16)17)19(22)14-6-8-15(23-3)9-7-14/h6-9,16-18H,4-5,10-13H2,1-3H3/t16-,17+,18+/m1/s1. The van der Waals surface area contributed by atoms with Crippen LogP contribution in [0.15, 0.2) is 24.3 Å². The number of methoxy groups -OCH3 is 1. The predicted octanol–water partition coefficient (Wildman–Crippen LogP) is 1.65. The fourth-order valence-electron chi connectivity index (χ4n) is 3.58. The summed E-state index contributed by atoms with van der Waals surface area (Å²) in [4.78, 5) is 17.0. The Balaban J connectivity index is 1.70. The number of benzene rings is 1. The van der Waals surface area contributed by atoms with Crippen LogP contribution in [0.3, 0.4) is 0 Å². The summed E-state index contributed by atoms with van der Waals surface area (Å²) in [6, 6.07) is 7.39. The van der Waals surface area contributed by atoms with Gasteiger partial charge in [0.25, 0.3) is 5.91 Å². The average Bonchev–Trinajstić information content (AvgIpc) is 3.00. The van der Waals surface area contributed by atoms with Crippen molar-refractivity contribution in [2.24, 2.45) is 0 Å². The van der Waals surface area contributed by atoms with E-state index >= 15 is 0 Å². The summed E-state index contributed by atoms with van der Waals surface area (Å²) in [5.41, 5.74) is 0.680. The summed E-state index contributed by atoms with van der Waals surface area (Å²) in [7, 11) is 5.67. The van der Waals surface area contributed by atoms with Crippen molar-refractivity contribution < 1.29 is 19.0 Å². The molecule has 2 heterocycles. The minimum Gasteiger partial charge on any atom is -0.497 e. The van der Waals surface area contributed by atoms with Gasteiger partial charge in [-0.2, -0.15) is 0 Å². The summed E-state index contributed by atoms with van der Waals surface area (Å²) >= 11 is 0. The first-order valence-electron chi connectivity index (χ1n) is 8.93. The molecule has 2 saturated heterocycles. The topological polar surface area (TPSA) is 51.2 Å². The van der Waals surface area contributed by atoms with E-state index in [1.165, 1.54) is 0 Å². The van der Waals surface area contributed by atoms with Crippen LogP contribution in [0.4, 0.5) is 0 Å². The summed E-state index contributed by atoms with van der Waals surface area (Å²) in [6.45, 7) is 2.85. The Bertz CT molecular complexity index is 575. The number of ether oxygens (including phenoxy) is 3. The minimum absolute atomic E-state index is 0.0156. The van der Waals surface area contributed by atoms with Crippen LogP contribution in [0, 0.1) is 0 Å². The zero-order valence-electron chi connectivity index (χ0n) is 15.3. The van der Waals surface area contributed by atoms with Gasteiger partial charge in [0.1, 0.15) is 18.0 Å². The van der Waals surface area contributed by atoms with Crippen molar-refractivity contribution in [2.75, 3.05) is 47.5 Å². The number of carbonyl (C=O) groups is 1. The van der Waals surface area contributed by atoms with E-state index in [2.05, 4.69) is 4.90 Å². The highest BCUT2D eigenvalue weighted by Gasteiger charge is 2.46. The maximum absolute atomic E-state index is 13.0. The maximum atomic E-state index is 13.0. The molecule has 2 fully saturated rings. The average molecular weight is 348 g/mol. The Morgan fingerprint density at radius 3 is 2.76 bits per heavy atom. The molecule has 3 atom stereocenters. The fourth-order valence-corrected chi connectivity index (χ4v) is 3.58. The number of likely N-dealkylation sites (N-methyl/N-ethyl adjacent to an activating group) is 1. The lowest BCUT2D eigenvalue weighted by Crippen LogP contribution is -2.44. The van der Waals surface area contributed by atoms with Crippen molar-refractivity contribution in [1.29, 1.82) is 0 Å². The van der Waals surface area contributed by atoms with Crippen LogP contribution >= 0.6 is 0 Å². The zero-order chi connectivity index (χ0) is 17.8. The Hall–Kier alpha value is -1.63. The van der Waals surface area contributed by atoms with Gasteiger partial charge >= 0.3 is 0 Å². The molecule has 0 unspecified atom stereocenters. The van der Waals surface area contributed by atoms with E-state index in [4.69, 9.17) is 14.2 Å². The van der Waals surface area contributed by atoms with Gasteiger partial charge in [-0.3, -0.25) is 4.79 Å². The number of hydrogen-bond acceptors (Lipinski definition) is 5. The minimum atomic E-state index is -0.0487. The van der Waals surface area contributed by atoms with Gasteiger partial charge in [-0.25, -0.2) is 0 Å². The molecular weight excluding hydrogens is 320 g/mol. The largest absolute Gasteiger partial charge is 0.497 e. The molecule has 1 aromatic rings. The summed E-state index contributed by atoms with van der Waals surface area (Å²) < 4.78 is 17.2. The Labute approximate surface area is 149 Å². The Morgan fingerprint density at radius 1 is 1.32 bits per heavy atom. The zero-order valence-corrected chi connectivity index (χ0v) is 15.3. The number of fused-ring (bicyclic) bond motifs is 1. The molecule has 1 amide bonds. The summed E-state index contributed by atoms with van der Waals surface area (Å²) in [6.07, 6.45) is 1.89. The molecule has 6 nitrogen and oxygen atoms in total. The van der Waals surface area contributed by atoms with Crippen LogP contribution in [-0.2, 0) is 9.47 Å². The van der Waals surface area contributed by atoms with E-state index in [0.717, 1.165) is 31.7 Å². The number of nitrogens with zero attached hydrogens (tertiary/aromatic N) is 2. The first-order chi connectivity index (χ1) is 12.1. The molecule has 3 rings (SSSR count). The second kappa shape index (κ2) is 8.17. The fraction of sp³-hybridized carbons (Fsp3) is 0.632. The molecule has 25 heavy (non-hydrogen) atoms. The molecule has 0 N–H and O–H groups in total. The highest BCUT2D eigenvalue weighted by Crippen LogP contribution is 2.32. The van der Waals surface area contributed by atoms with E-state index in [-0.39, 0.29) is 24.2 Å². The number of rotatable bonds is 6. The molecule has 0 aliphatic carbocycles. The van der Waals surface area contributed by atoms with Gasteiger partial charge in [-0.1, -0.05) is 0 Å². The van der Waals surface area contributed by atoms with E-state index in [1.807, 2.05) is 43.3 Å². The summed E-state index contributed by atoms with van der Waals surface area (Å²) in [5.74, 6) is 0.795. The number of carbonyl (C=O) groups excluding carboxylic acids is 1. The number of hydrogen-bond donors (Lipinski definition) is 0. The van der Waals surface area contributed by atoms with Gasteiger partial charge < -0.3 is 24.0 Å². The maximum Gasteiger partial charge on any atom is 0.254 e. The van der Waals surface area contributed by atoms with Crippen molar-refractivity contribution in [2.45, 2.75) is 31.1 Å². The third-order valence-electron chi connectivity index (χ3n) is 4.95. The highest BCUT2D eigenvalue weighted by atomic mass is 16.5. The molecule has 0 radical (unpaired) electrons. The molecule has 2 aliphatic rings. The second-order valence-electron chi connectivity index (χ2n) is 6.94. The summed E-state index contributed by atoms with van der Waals surface area (Å²) in [5, 5.41) is 0. The Morgan fingerprint density at radius 2 is 2.08 bits per heavy atom. The van der Waals surface area contributed by atoms with Crippen molar-refractivity contribution >= 4 is 5.91 Å². The van der Waals surface area contributed by atoms with Crippen LogP contribution in [0.25, 0.3) is 0 Å². The predicted molar refractivity (Wildman–Crippen MR) is 95.1 cm³/mol. The normalized spacial score (nSPS) is 25.9. The van der Waals surface area contributed by atoms with Crippen molar-refractivity contribution in [3.63, 3.8) is 0 Å². The van der Waals surface area contributed by atoms with Crippen LogP contribution in [0.2, 0.25) is 0 Å². The van der Waals surface area contributed by atoms with Gasteiger partial charge in [0.05, 0.1) is 26.3 Å². The monoisotopic (exact) mass is 348 g/mol. The molecule has 0 bridgehead atoms. The molecule has 0 aromatic heterocycles. The van der Waals surface area contributed by atoms with Crippen molar-refractivity contribution in [3.8, 4) is 5.75 Å². The van der Waals surface area contributed by atoms with E-state index < -0.39 is 0 Å². The highest BCUT2D eigenvalue weighted by molar-refractivity contribution is 5.94. The van der Waals surface area contributed by atoms with Crippen LogP contribution in [0.5, 0.6) is 5.75 Å². The lowest BCUT2D eigenvalue weighted by Gasteiger charge is -2.32. The van der Waals surface area contributed by atoms with E-state index in [9.17, 15) is 4.79 Å². The van der Waals surface area contributed by atoms with Crippen molar-refractivity contribution in [3.05, 3.63) is 29.8 Å². The molecular formula is C19H28N2O4. The molecule has 2 aliphatic heterocycles. The van der Waals surface area contributed by atoms with Crippen LogP contribution < -0.4 is 4.74 Å². The molecule has 6 heteroatoms. The third-order valence-corrected chi connectivity index (χ3v) is 4.95. The lowest BCUT2D eigenvalue weighted by atomic mass is 10.0. The smallest absolute Gasteiger partial charge is 0.254 e. The van der Waals surface area contributed by atoms with E-state index in [1.54, 1.807) is 7.11 Å². The molecule has 0 saturated carbocycles. The van der Waals surface area contributed by atoms with Gasteiger partial charge in [0.15, 0.2) is 0 Å². The number of likely N-dealkylation sites (tertiary alicyclic amines) is 1. The molecule has 138 valence electrons. The third kappa shape index (κ3) is 4.14. The quantitative estimate of drug-likeness (QED) is 0.782. The SMILES string of the molecule is COc1ccc(C(=O)N2C[C@H](OCCN(C)C)[C@H]3OCCC[C@H]32)cc1. The first kappa shape index (κ1) is 18.2. The van der Waals surface area contributed by atoms with Crippen LogP contribution in [-0.4, -0.2) is 81.5 Å². The van der Waals surface area contributed by atoms with E-state index in [0.29, 0.717) is 18.7 Å². The van der Waals surface area contributed by atoms with Gasteiger partial charge in [0, 0.05) is 18.7 Å². The lowest BCUT2D eigenvalue weighted by molar-refractivity contribution is -0.0776. The number of amides is 1. The molecule has 1 aromatic carbocycles. The van der Waals surface area contributed by atoms with Crippen LogP contribution in [0.1, 0.15) is 23.2 Å². The first-order valence-corrected chi connectivity index (χ1v) is 8.93. The van der Waals surface area contributed by atoms with Gasteiger partial charge in [-0.15, -0.1) is 0 Å². The Kier molecular flexibility index (Phi) is 5.93. The van der Waals surface area contributed by atoms with Gasteiger partial charge in [-0.05, 0) is 51.2 Å². The van der Waals surface area contributed by atoms with Gasteiger partial charge in [0.2, 0.25) is 0 Å². The molecule has 0 spiro atoms.